The van der Waals surface area contributed by atoms with Gasteiger partial charge in [0, 0.05) is 17.7 Å². The molecule has 0 saturated carbocycles. The van der Waals surface area contributed by atoms with Crippen molar-refractivity contribution >= 4 is 12.0 Å². The monoisotopic (exact) mass is 421 g/mol. The molecule has 0 aliphatic heterocycles. The van der Waals surface area contributed by atoms with Gasteiger partial charge in [-0.05, 0) is 53.6 Å². The Kier molecular flexibility index (Phi) is 7.27. The van der Waals surface area contributed by atoms with E-state index in [0.29, 0.717) is 17.2 Å². The Morgan fingerprint density at radius 2 is 1.42 bits per heavy atom. The summed E-state index contributed by atoms with van der Waals surface area (Å²) >= 11 is 0. The number of rotatable bonds is 8. The largest absolute Gasteiger partial charge is 0.497 e. The summed E-state index contributed by atoms with van der Waals surface area (Å²) in [5.74, 6) is 1.32. The van der Waals surface area contributed by atoms with E-state index in [1.807, 2.05) is 30.3 Å². The number of methoxy groups -OCH3 is 3. The number of carbonyl (C=O) groups is 1. The van der Waals surface area contributed by atoms with Crippen molar-refractivity contribution in [2.75, 3.05) is 21.3 Å². The molecule has 31 heavy (non-hydrogen) atoms. The second-order valence-corrected chi connectivity index (χ2v) is 6.71. The number of amides is 1. The van der Waals surface area contributed by atoms with Crippen molar-refractivity contribution < 1.29 is 23.4 Å². The maximum atomic E-state index is 13.4. The maximum Gasteiger partial charge on any atom is 0.244 e. The molecule has 0 fully saturated rings. The van der Waals surface area contributed by atoms with Crippen molar-refractivity contribution in [1.82, 2.24) is 5.32 Å². The molecule has 3 rings (SSSR count). The van der Waals surface area contributed by atoms with E-state index >= 15 is 0 Å². The van der Waals surface area contributed by atoms with Crippen molar-refractivity contribution in [2.24, 2.45) is 0 Å². The zero-order valence-electron chi connectivity index (χ0n) is 17.6. The van der Waals surface area contributed by atoms with Gasteiger partial charge in [0.15, 0.2) is 0 Å². The first kappa shape index (κ1) is 21.9. The van der Waals surface area contributed by atoms with Crippen molar-refractivity contribution in [2.45, 2.75) is 6.04 Å². The highest BCUT2D eigenvalue weighted by Crippen LogP contribution is 2.27. The first-order valence-electron chi connectivity index (χ1n) is 9.64. The van der Waals surface area contributed by atoms with Gasteiger partial charge in [0.1, 0.15) is 23.1 Å². The number of ether oxygens (including phenoxy) is 3. The summed E-state index contributed by atoms with van der Waals surface area (Å²) < 4.78 is 29.2. The van der Waals surface area contributed by atoms with Gasteiger partial charge in [-0.1, -0.05) is 24.3 Å². The molecular formula is C25H24FNO4. The molecule has 0 heterocycles. The fraction of sp³-hybridized carbons (Fsp3) is 0.160. The van der Waals surface area contributed by atoms with Crippen LogP contribution in [0, 0.1) is 5.82 Å². The summed E-state index contributed by atoms with van der Waals surface area (Å²) in [4.78, 5) is 12.7. The molecule has 1 unspecified atom stereocenters. The lowest BCUT2D eigenvalue weighted by Gasteiger charge is -2.19. The van der Waals surface area contributed by atoms with E-state index in [4.69, 9.17) is 14.2 Å². The van der Waals surface area contributed by atoms with Gasteiger partial charge in [0.25, 0.3) is 0 Å². The van der Waals surface area contributed by atoms with Crippen molar-refractivity contribution in [3.8, 4) is 17.2 Å². The van der Waals surface area contributed by atoms with Crippen LogP contribution >= 0.6 is 0 Å². The van der Waals surface area contributed by atoms with Gasteiger partial charge in [0.05, 0.1) is 27.4 Å². The highest BCUT2D eigenvalue weighted by molar-refractivity contribution is 5.92. The van der Waals surface area contributed by atoms with Crippen LogP contribution in [0.15, 0.2) is 72.8 Å². The van der Waals surface area contributed by atoms with Crippen molar-refractivity contribution in [1.29, 1.82) is 0 Å². The van der Waals surface area contributed by atoms with E-state index in [1.54, 1.807) is 51.7 Å². The molecule has 5 nitrogen and oxygen atoms in total. The van der Waals surface area contributed by atoms with E-state index in [2.05, 4.69) is 5.32 Å². The first-order chi connectivity index (χ1) is 15.0. The number of benzene rings is 3. The number of halogens is 1. The van der Waals surface area contributed by atoms with Crippen LogP contribution in [0.1, 0.15) is 22.7 Å². The topological polar surface area (TPSA) is 56.8 Å². The number of hydrogen-bond acceptors (Lipinski definition) is 4. The Bertz CT molecular complexity index is 1050. The second kappa shape index (κ2) is 10.3. The molecule has 0 spiro atoms. The fourth-order valence-electron chi connectivity index (χ4n) is 3.12. The number of carbonyl (C=O) groups excluding carboxylic acids is 1. The Labute approximate surface area is 181 Å². The van der Waals surface area contributed by atoms with E-state index in [9.17, 15) is 9.18 Å². The molecule has 0 aliphatic carbocycles. The van der Waals surface area contributed by atoms with Crippen LogP contribution in [0.25, 0.3) is 6.08 Å². The van der Waals surface area contributed by atoms with Crippen LogP contribution in [0.3, 0.4) is 0 Å². The molecular weight excluding hydrogens is 397 g/mol. The summed E-state index contributed by atoms with van der Waals surface area (Å²) in [5, 5.41) is 2.98. The van der Waals surface area contributed by atoms with E-state index < -0.39 is 6.04 Å². The third kappa shape index (κ3) is 5.63. The quantitative estimate of drug-likeness (QED) is 0.533. The molecule has 1 N–H and O–H groups in total. The zero-order valence-corrected chi connectivity index (χ0v) is 17.6. The lowest BCUT2D eigenvalue weighted by molar-refractivity contribution is -0.116. The van der Waals surface area contributed by atoms with Crippen LogP contribution < -0.4 is 19.5 Å². The van der Waals surface area contributed by atoms with Gasteiger partial charge < -0.3 is 19.5 Å². The summed E-state index contributed by atoms with van der Waals surface area (Å²) in [6.45, 7) is 0. The third-order valence-corrected chi connectivity index (χ3v) is 4.79. The van der Waals surface area contributed by atoms with E-state index in [0.717, 1.165) is 16.7 Å². The van der Waals surface area contributed by atoms with Crippen LogP contribution in [-0.4, -0.2) is 27.2 Å². The van der Waals surface area contributed by atoms with Gasteiger partial charge in [-0.3, -0.25) is 4.79 Å². The van der Waals surface area contributed by atoms with Gasteiger partial charge in [-0.2, -0.15) is 0 Å². The van der Waals surface area contributed by atoms with E-state index in [1.165, 1.54) is 18.2 Å². The molecule has 1 atom stereocenters. The highest BCUT2D eigenvalue weighted by atomic mass is 19.1. The predicted molar refractivity (Wildman–Crippen MR) is 118 cm³/mol. The van der Waals surface area contributed by atoms with Gasteiger partial charge in [-0.25, -0.2) is 4.39 Å². The third-order valence-electron chi connectivity index (χ3n) is 4.79. The fourth-order valence-corrected chi connectivity index (χ4v) is 3.12. The van der Waals surface area contributed by atoms with Crippen molar-refractivity contribution in [3.63, 3.8) is 0 Å². The van der Waals surface area contributed by atoms with Crippen LogP contribution in [0.5, 0.6) is 17.2 Å². The molecule has 1 amide bonds. The van der Waals surface area contributed by atoms with Crippen molar-refractivity contribution in [3.05, 3.63) is 95.3 Å². The maximum absolute atomic E-state index is 13.4. The Morgan fingerprint density at radius 1 is 0.839 bits per heavy atom. The second-order valence-electron chi connectivity index (χ2n) is 6.71. The minimum absolute atomic E-state index is 0.303. The first-order valence-corrected chi connectivity index (χ1v) is 9.64. The Hall–Kier alpha value is -3.80. The molecule has 0 radical (unpaired) electrons. The number of nitrogens with one attached hydrogen (secondary N) is 1. The van der Waals surface area contributed by atoms with Gasteiger partial charge in [-0.15, -0.1) is 0 Å². The highest BCUT2D eigenvalue weighted by Gasteiger charge is 2.16. The SMILES string of the molecule is COc1ccc(C(NC(=O)C=Cc2ccc(OC)cc2OC)c2ccc(F)cc2)cc1. The number of hydrogen-bond donors (Lipinski definition) is 1. The summed E-state index contributed by atoms with van der Waals surface area (Å²) in [6.07, 6.45) is 3.10. The Balaban J connectivity index is 1.84. The van der Waals surface area contributed by atoms with Gasteiger partial charge >= 0.3 is 0 Å². The smallest absolute Gasteiger partial charge is 0.244 e. The minimum atomic E-state index is -0.457. The minimum Gasteiger partial charge on any atom is -0.497 e. The summed E-state index contributed by atoms with van der Waals surface area (Å²) in [6, 6.07) is 18.3. The average Bonchev–Trinajstić information content (AvgIpc) is 2.81. The normalized spacial score (nSPS) is 11.7. The predicted octanol–water partition coefficient (Wildman–Crippen LogP) is 4.77. The standard InChI is InChI=1S/C25H24FNO4/c1-29-21-12-7-19(8-13-21)25(18-4-10-20(26)11-5-18)27-24(28)15-9-17-6-14-22(30-2)16-23(17)31-3/h4-16,25H,1-3H3,(H,27,28). The molecule has 0 saturated heterocycles. The van der Waals surface area contributed by atoms with Gasteiger partial charge in [0.2, 0.25) is 5.91 Å². The molecule has 3 aromatic carbocycles. The summed E-state index contributed by atoms with van der Waals surface area (Å²) in [7, 11) is 4.72. The van der Waals surface area contributed by atoms with Crippen LogP contribution in [0.4, 0.5) is 4.39 Å². The lowest BCUT2D eigenvalue weighted by atomic mass is 9.98. The zero-order chi connectivity index (χ0) is 22.2. The molecule has 3 aromatic rings. The molecule has 0 bridgehead atoms. The van der Waals surface area contributed by atoms with E-state index in [-0.39, 0.29) is 11.7 Å². The van der Waals surface area contributed by atoms with Crippen LogP contribution in [0.2, 0.25) is 0 Å². The molecule has 0 aromatic heterocycles. The summed E-state index contributed by atoms with van der Waals surface area (Å²) in [5.41, 5.74) is 2.34. The lowest BCUT2D eigenvalue weighted by Crippen LogP contribution is -2.27. The average molecular weight is 421 g/mol. The Morgan fingerprint density at radius 3 is 2.00 bits per heavy atom. The van der Waals surface area contributed by atoms with Crippen LogP contribution in [-0.2, 0) is 4.79 Å². The molecule has 160 valence electrons. The molecule has 0 aliphatic rings. The molecule has 6 heteroatoms.